The van der Waals surface area contributed by atoms with Crippen molar-refractivity contribution in [1.29, 1.82) is 0 Å². The Hall–Kier alpha value is -3.33. The third-order valence-corrected chi connectivity index (χ3v) is 4.29. The Balaban J connectivity index is 1.56. The van der Waals surface area contributed by atoms with E-state index in [-0.39, 0.29) is 5.95 Å². The van der Waals surface area contributed by atoms with Crippen molar-refractivity contribution < 1.29 is 9.47 Å². The summed E-state index contributed by atoms with van der Waals surface area (Å²) in [5.74, 6) is 2.03. The molecule has 0 aliphatic carbocycles. The molecule has 3 N–H and O–H groups in total. The first-order chi connectivity index (χ1) is 13.2. The van der Waals surface area contributed by atoms with Crippen molar-refractivity contribution in [3.63, 3.8) is 0 Å². The average Bonchev–Trinajstić information content (AvgIpc) is 3.09. The van der Waals surface area contributed by atoms with E-state index >= 15 is 0 Å². The van der Waals surface area contributed by atoms with Gasteiger partial charge in [0.05, 0.1) is 26.0 Å². The standard InChI is InChI=1S/C18H21N7O2/c1-26-15-12-13(5-6-14(15)24-8-10-27-11-9-24)21-18-22-17(19)25(23-18)16-4-2-3-7-20-16/h2-7,12H,8-11H2,1H3,(H3,19,21,22,23). The van der Waals surface area contributed by atoms with E-state index in [9.17, 15) is 0 Å². The molecule has 9 heteroatoms. The number of hydrogen-bond donors (Lipinski definition) is 2. The smallest absolute Gasteiger partial charge is 0.248 e. The highest BCUT2D eigenvalue weighted by molar-refractivity contribution is 5.67. The van der Waals surface area contributed by atoms with E-state index in [1.165, 1.54) is 4.68 Å². The quantitative estimate of drug-likeness (QED) is 0.704. The molecule has 0 spiro atoms. The molecule has 0 amide bonds. The fraction of sp³-hybridized carbons (Fsp3) is 0.278. The maximum absolute atomic E-state index is 5.97. The minimum absolute atomic E-state index is 0.258. The van der Waals surface area contributed by atoms with Gasteiger partial charge in [-0.15, -0.1) is 5.10 Å². The molecule has 27 heavy (non-hydrogen) atoms. The van der Waals surface area contributed by atoms with E-state index in [1.54, 1.807) is 13.3 Å². The zero-order valence-corrected chi connectivity index (χ0v) is 15.0. The number of anilines is 4. The van der Waals surface area contributed by atoms with E-state index in [4.69, 9.17) is 15.2 Å². The van der Waals surface area contributed by atoms with Gasteiger partial charge in [0.25, 0.3) is 0 Å². The molecule has 3 aromatic rings. The summed E-state index contributed by atoms with van der Waals surface area (Å²) in [4.78, 5) is 10.7. The Morgan fingerprint density at radius 3 is 2.78 bits per heavy atom. The van der Waals surface area contributed by atoms with Crippen molar-refractivity contribution in [2.75, 3.05) is 49.4 Å². The van der Waals surface area contributed by atoms with Crippen molar-refractivity contribution in [2.45, 2.75) is 0 Å². The number of nitrogen functional groups attached to an aromatic ring is 1. The lowest BCUT2D eigenvalue weighted by molar-refractivity contribution is 0.122. The first-order valence-corrected chi connectivity index (χ1v) is 8.66. The lowest BCUT2D eigenvalue weighted by atomic mass is 10.2. The topological polar surface area (TPSA) is 103 Å². The van der Waals surface area contributed by atoms with E-state index in [2.05, 4.69) is 25.3 Å². The van der Waals surface area contributed by atoms with Gasteiger partial charge in [-0.1, -0.05) is 6.07 Å². The van der Waals surface area contributed by atoms with Gasteiger partial charge in [0.2, 0.25) is 11.9 Å². The maximum atomic E-state index is 5.97. The third kappa shape index (κ3) is 3.63. The van der Waals surface area contributed by atoms with Crippen molar-refractivity contribution in [1.82, 2.24) is 19.7 Å². The van der Waals surface area contributed by atoms with Gasteiger partial charge in [-0.25, -0.2) is 4.98 Å². The zero-order chi connectivity index (χ0) is 18.6. The van der Waals surface area contributed by atoms with Crippen LogP contribution < -0.4 is 20.7 Å². The Morgan fingerprint density at radius 2 is 2.04 bits per heavy atom. The van der Waals surface area contributed by atoms with Crippen LogP contribution in [0.1, 0.15) is 0 Å². The Labute approximate surface area is 156 Å². The number of hydrogen-bond acceptors (Lipinski definition) is 8. The number of aromatic nitrogens is 4. The third-order valence-electron chi connectivity index (χ3n) is 4.29. The number of methoxy groups -OCH3 is 1. The van der Waals surface area contributed by atoms with Crippen LogP contribution in [0.4, 0.5) is 23.3 Å². The van der Waals surface area contributed by atoms with Gasteiger partial charge in [-0.3, -0.25) is 0 Å². The summed E-state index contributed by atoms with van der Waals surface area (Å²) in [6.07, 6.45) is 1.68. The van der Waals surface area contributed by atoms with Gasteiger partial charge in [0.1, 0.15) is 5.75 Å². The summed E-state index contributed by atoms with van der Waals surface area (Å²) < 4.78 is 12.5. The van der Waals surface area contributed by atoms with Gasteiger partial charge < -0.3 is 25.4 Å². The minimum Gasteiger partial charge on any atom is -0.495 e. The van der Waals surface area contributed by atoms with Crippen molar-refractivity contribution in [2.24, 2.45) is 0 Å². The molecule has 4 rings (SSSR count). The van der Waals surface area contributed by atoms with Crippen LogP contribution in [0.5, 0.6) is 5.75 Å². The van der Waals surface area contributed by atoms with Crippen molar-refractivity contribution >= 4 is 23.3 Å². The molecule has 1 aliphatic rings. The van der Waals surface area contributed by atoms with E-state index in [1.807, 2.05) is 36.4 Å². The highest BCUT2D eigenvalue weighted by Gasteiger charge is 2.16. The van der Waals surface area contributed by atoms with Crippen LogP contribution in [0.25, 0.3) is 5.82 Å². The lowest BCUT2D eigenvalue weighted by Crippen LogP contribution is -2.36. The van der Waals surface area contributed by atoms with Gasteiger partial charge in [0, 0.05) is 31.0 Å². The predicted molar refractivity (Wildman–Crippen MR) is 103 cm³/mol. The average molecular weight is 367 g/mol. The van der Waals surface area contributed by atoms with Gasteiger partial charge in [-0.05, 0) is 24.3 Å². The van der Waals surface area contributed by atoms with E-state index < -0.39 is 0 Å². The first-order valence-electron chi connectivity index (χ1n) is 8.66. The summed E-state index contributed by atoms with van der Waals surface area (Å²) in [6, 6.07) is 11.4. The zero-order valence-electron chi connectivity index (χ0n) is 15.0. The molecule has 1 fully saturated rings. The minimum atomic E-state index is 0.258. The number of nitrogens with two attached hydrogens (primary N) is 1. The van der Waals surface area contributed by atoms with Crippen LogP contribution in [0, 0.1) is 0 Å². The molecule has 0 radical (unpaired) electrons. The summed E-state index contributed by atoms with van der Waals surface area (Å²) >= 11 is 0. The predicted octanol–water partition coefficient (Wildman–Crippen LogP) is 1.83. The number of rotatable bonds is 5. The highest BCUT2D eigenvalue weighted by atomic mass is 16.5. The Bertz CT molecular complexity index is 907. The first kappa shape index (κ1) is 17.1. The molecule has 2 aromatic heterocycles. The summed E-state index contributed by atoms with van der Waals surface area (Å²) in [6.45, 7) is 3.13. The Morgan fingerprint density at radius 1 is 1.19 bits per heavy atom. The largest absolute Gasteiger partial charge is 0.495 e. The number of ether oxygens (including phenoxy) is 2. The molecule has 3 heterocycles. The molecule has 140 valence electrons. The van der Waals surface area contributed by atoms with Crippen LogP contribution in [-0.2, 0) is 4.74 Å². The van der Waals surface area contributed by atoms with Gasteiger partial charge >= 0.3 is 0 Å². The molecular weight excluding hydrogens is 346 g/mol. The fourth-order valence-corrected chi connectivity index (χ4v) is 2.97. The van der Waals surface area contributed by atoms with Gasteiger partial charge in [-0.2, -0.15) is 9.67 Å². The monoisotopic (exact) mass is 367 g/mol. The molecule has 0 bridgehead atoms. The molecule has 1 aliphatic heterocycles. The molecule has 9 nitrogen and oxygen atoms in total. The summed E-state index contributed by atoms with van der Waals surface area (Å²) in [7, 11) is 1.66. The molecule has 0 atom stereocenters. The molecule has 1 saturated heterocycles. The second kappa shape index (κ2) is 7.50. The lowest BCUT2D eigenvalue weighted by Gasteiger charge is -2.30. The van der Waals surface area contributed by atoms with Crippen molar-refractivity contribution in [3.05, 3.63) is 42.6 Å². The number of benzene rings is 1. The number of nitrogens with one attached hydrogen (secondary N) is 1. The van der Waals surface area contributed by atoms with E-state index in [0.717, 1.165) is 43.4 Å². The van der Waals surface area contributed by atoms with E-state index in [0.29, 0.717) is 11.8 Å². The van der Waals surface area contributed by atoms with Crippen LogP contribution in [0.15, 0.2) is 42.6 Å². The SMILES string of the molecule is COc1cc(Nc2nc(N)n(-c3ccccn3)n2)ccc1N1CCOCC1. The Kier molecular flexibility index (Phi) is 4.75. The highest BCUT2D eigenvalue weighted by Crippen LogP contribution is 2.32. The molecule has 0 saturated carbocycles. The maximum Gasteiger partial charge on any atom is 0.248 e. The normalized spacial score (nSPS) is 14.2. The van der Waals surface area contributed by atoms with Gasteiger partial charge in [0.15, 0.2) is 5.82 Å². The second-order valence-corrected chi connectivity index (χ2v) is 6.00. The molecular formula is C18H21N7O2. The van der Waals surface area contributed by atoms with Crippen LogP contribution in [0.3, 0.4) is 0 Å². The van der Waals surface area contributed by atoms with Crippen LogP contribution in [0.2, 0.25) is 0 Å². The molecule has 0 unspecified atom stereocenters. The number of nitrogens with zero attached hydrogens (tertiary/aromatic N) is 5. The summed E-state index contributed by atoms with van der Waals surface area (Å²) in [5, 5.41) is 7.55. The van der Waals surface area contributed by atoms with Crippen LogP contribution >= 0.6 is 0 Å². The second-order valence-electron chi connectivity index (χ2n) is 6.00. The van der Waals surface area contributed by atoms with Crippen molar-refractivity contribution in [3.8, 4) is 11.6 Å². The van der Waals surface area contributed by atoms with Crippen LogP contribution in [-0.4, -0.2) is 53.2 Å². The number of pyridine rings is 1. The number of morpholine rings is 1. The molecule has 1 aromatic carbocycles. The fourth-order valence-electron chi connectivity index (χ4n) is 2.97. The summed E-state index contributed by atoms with van der Waals surface area (Å²) in [5.41, 5.74) is 7.82.